The van der Waals surface area contributed by atoms with Crippen LogP contribution in [0, 0.1) is 35.5 Å². The summed E-state index contributed by atoms with van der Waals surface area (Å²) in [6.07, 6.45) is 1.97. The van der Waals surface area contributed by atoms with Crippen molar-refractivity contribution in [3.63, 3.8) is 0 Å². The van der Waals surface area contributed by atoms with Gasteiger partial charge in [0, 0.05) is 84.2 Å². The Kier molecular flexibility index (Phi) is 14.5. The average molecular weight is 1490 g/mol. The number of pyridine rings is 1. The highest BCUT2D eigenvalue weighted by atomic mass is 16.3. The summed E-state index contributed by atoms with van der Waals surface area (Å²) in [4.78, 5) is 127. The molecule has 0 saturated heterocycles. The zero-order valence-corrected chi connectivity index (χ0v) is 60.9. The van der Waals surface area contributed by atoms with Gasteiger partial charge in [-0.3, -0.25) is 52.1 Å². The van der Waals surface area contributed by atoms with Gasteiger partial charge in [0.25, 0.3) is 17.4 Å². The molecule has 0 radical (unpaired) electrons. The van der Waals surface area contributed by atoms with E-state index in [1.54, 1.807) is 91.0 Å². The number of anilines is 1. The van der Waals surface area contributed by atoms with Crippen LogP contribution in [0.4, 0.5) is 5.69 Å². The van der Waals surface area contributed by atoms with Gasteiger partial charge in [0.15, 0.2) is 34.7 Å². The van der Waals surface area contributed by atoms with E-state index in [-0.39, 0.29) is 85.5 Å². The predicted octanol–water partition coefficient (Wildman–Crippen LogP) is 17.7. The Hall–Kier alpha value is -14.4. The predicted molar refractivity (Wildman–Crippen MR) is 439 cm³/mol. The number of carbonyl (C=O) groups excluding carboxylic acids is 7. The average Bonchev–Trinajstić information content (AvgIpc) is 1.58. The molecule has 0 bridgehead atoms. The highest BCUT2D eigenvalue weighted by Gasteiger charge is 2.64. The molecule has 546 valence electrons. The minimum absolute atomic E-state index is 0.0606. The fourth-order valence-electron chi connectivity index (χ4n) is 20.8. The quantitative estimate of drug-likeness (QED) is 0.0824. The van der Waals surface area contributed by atoms with Crippen LogP contribution in [-0.4, -0.2) is 74.6 Å². The van der Waals surface area contributed by atoms with Crippen LogP contribution in [0.25, 0.3) is 133 Å². The van der Waals surface area contributed by atoms with E-state index in [0.29, 0.717) is 81.6 Å². The minimum atomic E-state index is -1.13. The number of phenols is 2. The molecule has 0 spiro atoms. The van der Waals surface area contributed by atoms with Crippen LogP contribution in [0.1, 0.15) is 85.3 Å². The summed E-state index contributed by atoms with van der Waals surface area (Å²) in [5.41, 5.74) is 9.76. The Bertz CT molecular complexity index is 7170. The lowest BCUT2D eigenvalue weighted by Crippen LogP contribution is -2.61. The van der Waals surface area contributed by atoms with Gasteiger partial charge < -0.3 is 10.2 Å². The lowest BCUT2D eigenvalue weighted by molar-refractivity contribution is -0.166. The highest BCUT2D eigenvalue weighted by molar-refractivity contribution is 6.39. The number of imide groups is 1. The molecule has 17 aromatic rings. The van der Waals surface area contributed by atoms with Gasteiger partial charge in [-0.2, -0.15) is 0 Å². The largest absolute Gasteiger partial charge is 0.505 e. The summed E-state index contributed by atoms with van der Waals surface area (Å²) in [5.74, 6) is -5.28. The van der Waals surface area contributed by atoms with Crippen molar-refractivity contribution in [3.05, 3.63) is 316 Å². The number of benzene rings is 14. The number of amides is 2. The highest BCUT2D eigenvalue weighted by Crippen LogP contribution is 2.61. The number of para-hydroxylation sites is 6. The molecule has 2 amide bonds. The molecule has 114 heavy (non-hydrogen) atoms. The van der Waals surface area contributed by atoms with Crippen LogP contribution >= 0.6 is 0 Å². The molecule has 16 heteroatoms. The Balaban J connectivity index is 0.000000139. The number of aromatic hydroxyl groups is 2. The molecule has 5 aliphatic carbocycles. The van der Waals surface area contributed by atoms with E-state index in [1.807, 2.05) is 143 Å². The van der Waals surface area contributed by atoms with Crippen LogP contribution < -0.4 is 15.8 Å². The molecule has 2 N–H and O–H groups in total. The topological polar surface area (TPSA) is 221 Å². The third-order valence-corrected chi connectivity index (χ3v) is 25.6. The number of ketones is 5. The number of hydrogen-bond acceptors (Lipinski definition) is 12. The van der Waals surface area contributed by atoms with Gasteiger partial charge in [-0.05, 0) is 159 Å². The van der Waals surface area contributed by atoms with Crippen LogP contribution in [0.3, 0.4) is 0 Å². The summed E-state index contributed by atoms with van der Waals surface area (Å²) in [7, 11) is 0. The van der Waals surface area contributed by atoms with Gasteiger partial charge in [0.2, 0.25) is 0 Å². The van der Waals surface area contributed by atoms with Crippen molar-refractivity contribution >= 4 is 129 Å². The first kappa shape index (κ1) is 66.6. The first-order valence-corrected chi connectivity index (χ1v) is 38.5. The maximum absolute atomic E-state index is 14.8. The third kappa shape index (κ3) is 9.32. The molecule has 4 atom stereocenters. The Morgan fingerprint density at radius 1 is 0.342 bits per heavy atom. The second-order valence-electron chi connectivity index (χ2n) is 31.0. The van der Waals surface area contributed by atoms with E-state index < -0.39 is 52.9 Å². The summed E-state index contributed by atoms with van der Waals surface area (Å²) in [6, 6.07) is 82.8. The second kappa shape index (κ2) is 24.8. The minimum Gasteiger partial charge on any atom is -0.505 e. The fraction of sp³-hybridized carbons (Fsp3) is 0.122. The second-order valence-corrected chi connectivity index (χ2v) is 31.0. The molecular formula is C98H64N6O10. The van der Waals surface area contributed by atoms with Crippen LogP contribution in [0.15, 0.2) is 272 Å². The van der Waals surface area contributed by atoms with E-state index in [0.717, 1.165) is 87.1 Å². The zero-order chi connectivity index (χ0) is 77.0. The zero-order valence-electron chi connectivity index (χ0n) is 60.9. The van der Waals surface area contributed by atoms with Crippen molar-refractivity contribution in [2.75, 3.05) is 4.90 Å². The molecule has 4 heterocycles. The number of phenolic OH excluding ortho intramolecular Hbond substituents is 2. The molecule has 14 aromatic carbocycles. The van der Waals surface area contributed by atoms with Gasteiger partial charge in [-0.15, -0.1) is 0 Å². The van der Waals surface area contributed by atoms with Gasteiger partial charge in [0.1, 0.15) is 29.2 Å². The number of nitrogens with zero attached hydrogens (tertiary/aromatic N) is 6. The summed E-state index contributed by atoms with van der Waals surface area (Å²) in [6.45, 7) is 4.32. The maximum Gasteiger partial charge on any atom is 0.265 e. The standard InChI is InChI=1S/C51H38N2O5.C47H26N4O5/c54-46-32(12-7-15-39(46)53-38-14-5-4-13-37(38)52-51(53)29-8-2-1-3-9-29)45-49(57)35-24-22-33-42-34(23-25-36(43(35)42)50(45)58)48(56)44(47(33)55)31-21-19-28-17-16-26-10-6-11-27-18-20-30(31)41(28)40(26)27;1-25-28-20-21-33-41-34(47(56)50(46(33)55)27-18-19-30-29-12-5-6-13-31(29)42(52)35(30)24-27)23-22-32(40(28)41)45(54)49(25)38-16-9-17-39(43(38)53)51-37-15-8-7-14-36(37)48-44(51)26-10-3-2-4-11-26/h1-21,33-36,42-45,54H,22-25H2;2-24,53H,1H2. The van der Waals surface area contributed by atoms with E-state index >= 15 is 0 Å². The Labute approximate surface area is 649 Å². The van der Waals surface area contributed by atoms with Crippen molar-refractivity contribution in [2.45, 2.75) is 37.5 Å². The molecule has 1 aliphatic heterocycles. The number of Topliss-reactive ketones (excluding diaryl/α,β-unsaturated/α-hetero) is 4. The van der Waals surface area contributed by atoms with Crippen molar-refractivity contribution < 1.29 is 43.8 Å². The maximum atomic E-state index is 14.8. The van der Waals surface area contributed by atoms with E-state index in [2.05, 4.69) is 49.0 Å². The monoisotopic (exact) mass is 1480 g/mol. The van der Waals surface area contributed by atoms with Crippen molar-refractivity contribution in [1.82, 2.24) is 23.7 Å². The number of rotatable bonds is 8. The third-order valence-electron chi connectivity index (χ3n) is 25.6. The molecular weight excluding hydrogens is 1420 g/mol. The summed E-state index contributed by atoms with van der Waals surface area (Å²) < 4.78 is 5.15. The van der Waals surface area contributed by atoms with Crippen LogP contribution in [0.5, 0.6) is 11.5 Å². The molecule has 4 fully saturated rings. The van der Waals surface area contributed by atoms with E-state index in [4.69, 9.17) is 9.97 Å². The van der Waals surface area contributed by atoms with Gasteiger partial charge in [-0.25, -0.2) is 14.9 Å². The molecule has 6 aliphatic rings. The fourth-order valence-corrected chi connectivity index (χ4v) is 20.8. The number of aromatic nitrogens is 5. The SMILES string of the molecule is C=c1c2ccc3c4c(ccc(c(=O)n1-c1cccc(-n5c(-c6ccccc6)nc6ccccc65)c1O)c42)C(=O)N(c1ccc2c(c1)C(=O)c1ccccc1-2)C3=O.O=C1C(c2cccc(-n3c(-c4ccccc4)nc4ccccc43)c2O)C(=O)C2CCC3C(=O)C(c4ccc5ccc6cccc7ccc4c5c67)C(=O)C4CCC1C2C43. The lowest BCUT2D eigenvalue weighted by Gasteiger charge is -2.56. The first-order chi connectivity index (χ1) is 55.7. The lowest BCUT2D eigenvalue weighted by atomic mass is 9.44. The van der Waals surface area contributed by atoms with Crippen molar-refractivity contribution in [1.29, 1.82) is 0 Å². The first-order valence-electron chi connectivity index (χ1n) is 38.5. The molecule has 4 saturated carbocycles. The van der Waals surface area contributed by atoms with E-state index in [1.165, 1.54) is 4.57 Å². The number of imidazole rings is 2. The molecule has 16 nitrogen and oxygen atoms in total. The number of hydrogen-bond donors (Lipinski definition) is 2. The molecule has 3 aromatic heterocycles. The van der Waals surface area contributed by atoms with Crippen LogP contribution in [0.2, 0.25) is 0 Å². The van der Waals surface area contributed by atoms with Gasteiger partial charge >= 0.3 is 0 Å². The normalized spacial score (nSPS) is 20.2. The number of carbonyl (C=O) groups is 7. The smallest absolute Gasteiger partial charge is 0.265 e. The van der Waals surface area contributed by atoms with E-state index in [9.17, 15) is 48.6 Å². The summed E-state index contributed by atoms with van der Waals surface area (Å²) in [5, 5.41) is 32.6. The van der Waals surface area contributed by atoms with Gasteiger partial charge in [-0.1, -0.05) is 201 Å². The summed E-state index contributed by atoms with van der Waals surface area (Å²) >= 11 is 0. The number of fused-ring (bicyclic) bond motifs is 5. The van der Waals surface area contributed by atoms with Crippen molar-refractivity contribution in [2.24, 2.45) is 35.5 Å². The molecule has 4 unspecified atom stereocenters. The molecule has 23 rings (SSSR count). The Morgan fingerprint density at radius 2 is 0.789 bits per heavy atom. The van der Waals surface area contributed by atoms with Gasteiger partial charge in [0.05, 0.1) is 50.2 Å². The Morgan fingerprint density at radius 3 is 1.38 bits per heavy atom. The van der Waals surface area contributed by atoms with Crippen molar-refractivity contribution in [3.8, 4) is 62.5 Å². The van der Waals surface area contributed by atoms with Crippen LogP contribution in [-0.2, 0) is 19.2 Å².